The molecule has 0 unspecified atom stereocenters. The highest BCUT2D eigenvalue weighted by Crippen LogP contribution is 2.35. The van der Waals surface area contributed by atoms with Crippen LogP contribution in [0, 0.1) is 0 Å². The molecule has 0 atom stereocenters. The minimum atomic E-state index is -4.36. The van der Waals surface area contributed by atoms with E-state index in [9.17, 15) is 18.3 Å². The SMILES string of the molecule is Oc1ccc(-c2nc3cc(C(F)(F)F)ccc3s2)cc1. The van der Waals surface area contributed by atoms with Gasteiger partial charge in [0.1, 0.15) is 10.8 Å². The lowest BCUT2D eigenvalue weighted by atomic mass is 10.2. The molecule has 0 amide bonds. The molecule has 1 aromatic heterocycles. The van der Waals surface area contributed by atoms with Gasteiger partial charge in [-0.15, -0.1) is 11.3 Å². The molecule has 102 valence electrons. The van der Waals surface area contributed by atoms with Crippen LogP contribution in [0.3, 0.4) is 0 Å². The molecule has 3 rings (SSSR count). The van der Waals surface area contributed by atoms with E-state index in [1.165, 1.54) is 29.5 Å². The molecular formula is C14H8F3NOS. The van der Waals surface area contributed by atoms with Crippen molar-refractivity contribution in [2.75, 3.05) is 0 Å². The van der Waals surface area contributed by atoms with E-state index in [0.29, 0.717) is 15.2 Å². The molecular weight excluding hydrogens is 287 g/mol. The lowest BCUT2D eigenvalue weighted by Gasteiger charge is -2.04. The Kier molecular flexibility index (Phi) is 2.90. The zero-order chi connectivity index (χ0) is 14.3. The van der Waals surface area contributed by atoms with E-state index in [1.807, 2.05) is 0 Å². The lowest BCUT2D eigenvalue weighted by Crippen LogP contribution is -2.03. The van der Waals surface area contributed by atoms with Crippen LogP contribution in [-0.4, -0.2) is 10.1 Å². The second kappa shape index (κ2) is 4.49. The Morgan fingerprint density at radius 3 is 2.35 bits per heavy atom. The maximum Gasteiger partial charge on any atom is 0.416 e. The fourth-order valence-corrected chi connectivity index (χ4v) is 2.78. The topological polar surface area (TPSA) is 33.1 Å². The number of thiazole rings is 1. The summed E-state index contributed by atoms with van der Waals surface area (Å²) < 4.78 is 38.6. The first-order valence-electron chi connectivity index (χ1n) is 5.71. The van der Waals surface area contributed by atoms with E-state index < -0.39 is 11.7 Å². The van der Waals surface area contributed by atoms with Crippen molar-refractivity contribution in [3.63, 3.8) is 0 Å². The highest BCUT2D eigenvalue weighted by Gasteiger charge is 2.30. The minimum absolute atomic E-state index is 0.134. The number of benzene rings is 2. The summed E-state index contributed by atoms with van der Waals surface area (Å²) in [6.07, 6.45) is -4.36. The molecule has 0 bridgehead atoms. The van der Waals surface area contributed by atoms with Crippen LogP contribution in [0.15, 0.2) is 42.5 Å². The summed E-state index contributed by atoms with van der Waals surface area (Å²) in [5, 5.41) is 9.85. The Labute approximate surface area is 116 Å². The van der Waals surface area contributed by atoms with Crippen molar-refractivity contribution in [3.05, 3.63) is 48.0 Å². The van der Waals surface area contributed by atoms with Crippen molar-refractivity contribution < 1.29 is 18.3 Å². The summed E-state index contributed by atoms with van der Waals surface area (Å²) in [4.78, 5) is 4.22. The summed E-state index contributed by atoms with van der Waals surface area (Å²) in [5.41, 5.74) is 0.387. The molecule has 20 heavy (non-hydrogen) atoms. The third-order valence-electron chi connectivity index (χ3n) is 2.83. The van der Waals surface area contributed by atoms with Crippen molar-refractivity contribution in [1.82, 2.24) is 4.98 Å². The summed E-state index contributed by atoms with van der Waals surface area (Å²) in [7, 11) is 0. The zero-order valence-corrected chi connectivity index (χ0v) is 10.8. The second-order valence-electron chi connectivity index (χ2n) is 4.25. The van der Waals surface area contributed by atoms with Crippen LogP contribution >= 0.6 is 11.3 Å². The predicted molar refractivity (Wildman–Crippen MR) is 71.7 cm³/mol. The number of rotatable bonds is 1. The molecule has 3 aromatic rings. The van der Waals surface area contributed by atoms with E-state index in [1.54, 1.807) is 12.1 Å². The monoisotopic (exact) mass is 295 g/mol. The quantitative estimate of drug-likeness (QED) is 0.706. The summed E-state index contributed by atoms with van der Waals surface area (Å²) >= 11 is 1.32. The molecule has 6 heteroatoms. The fraction of sp³-hybridized carbons (Fsp3) is 0.0714. The van der Waals surface area contributed by atoms with Crippen LogP contribution in [0.1, 0.15) is 5.56 Å². The number of phenolic OH excluding ortho intramolecular Hbond substituents is 1. The molecule has 1 heterocycles. The van der Waals surface area contributed by atoms with E-state index >= 15 is 0 Å². The molecule has 0 spiro atoms. The summed E-state index contributed by atoms with van der Waals surface area (Å²) in [6.45, 7) is 0. The van der Waals surface area contributed by atoms with Crippen molar-refractivity contribution in [2.45, 2.75) is 6.18 Å². The number of aromatic hydroxyl groups is 1. The van der Waals surface area contributed by atoms with Crippen LogP contribution in [0.25, 0.3) is 20.8 Å². The Hall–Kier alpha value is -2.08. The molecule has 0 fully saturated rings. The van der Waals surface area contributed by atoms with Crippen LogP contribution in [0.5, 0.6) is 5.75 Å². The number of nitrogens with zero attached hydrogens (tertiary/aromatic N) is 1. The number of hydrogen-bond acceptors (Lipinski definition) is 3. The molecule has 0 saturated carbocycles. The Bertz CT molecular complexity index is 762. The second-order valence-corrected chi connectivity index (χ2v) is 5.28. The van der Waals surface area contributed by atoms with Crippen LogP contribution < -0.4 is 0 Å². The standard InChI is InChI=1S/C14H8F3NOS/c15-14(16,17)9-3-6-12-11(7-9)18-13(20-12)8-1-4-10(19)5-2-8/h1-7,19H. The molecule has 0 radical (unpaired) electrons. The van der Waals surface area contributed by atoms with Gasteiger partial charge in [-0.2, -0.15) is 13.2 Å². The number of aromatic nitrogens is 1. The van der Waals surface area contributed by atoms with Crippen molar-refractivity contribution in [1.29, 1.82) is 0 Å². The third-order valence-corrected chi connectivity index (χ3v) is 3.91. The maximum absolute atomic E-state index is 12.6. The minimum Gasteiger partial charge on any atom is -0.508 e. The lowest BCUT2D eigenvalue weighted by molar-refractivity contribution is -0.137. The average molecular weight is 295 g/mol. The van der Waals surface area contributed by atoms with Gasteiger partial charge in [-0.25, -0.2) is 4.98 Å². The molecule has 2 nitrogen and oxygen atoms in total. The molecule has 0 saturated heterocycles. The molecule has 2 aromatic carbocycles. The average Bonchev–Trinajstić information content (AvgIpc) is 2.81. The number of hydrogen-bond donors (Lipinski definition) is 1. The normalized spacial score (nSPS) is 11.9. The van der Waals surface area contributed by atoms with Gasteiger partial charge in [0.2, 0.25) is 0 Å². The highest BCUT2D eigenvalue weighted by atomic mass is 32.1. The zero-order valence-electron chi connectivity index (χ0n) is 9.98. The Morgan fingerprint density at radius 2 is 1.70 bits per heavy atom. The van der Waals surface area contributed by atoms with Crippen LogP contribution in [-0.2, 0) is 6.18 Å². The summed E-state index contributed by atoms with van der Waals surface area (Å²) in [6, 6.07) is 9.93. The first-order chi connectivity index (χ1) is 9.43. The number of halogens is 3. The Morgan fingerprint density at radius 1 is 1.00 bits per heavy atom. The van der Waals surface area contributed by atoms with Gasteiger partial charge in [-0.3, -0.25) is 0 Å². The van der Waals surface area contributed by atoms with Gasteiger partial charge in [0, 0.05) is 5.56 Å². The van der Waals surface area contributed by atoms with Gasteiger partial charge in [0.05, 0.1) is 15.8 Å². The largest absolute Gasteiger partial charge is 0.508 e. The maximum atomic E-state index is 12.6. The van der Waals surface area contributed by atoms with Gasteiger partial charge in [-0.05, 0) is 42.5 Å². The number of fused-ring (bicyclic) bond motifs is 1. The van der Waals surface area contributed by atoms with Gasteiger partial charge in [0.25, 0.3) is 0 Å². The van der Waals surface area contributed by atoms with Crippen molar-refractivity contribution in [2.24, 2.45) is 0 Å². The first-order valence-corrected chi connectivity index (χ1v) is 6.52. The molecule has 0 aliphatic carbocycles. The third kappa shape index (κ3) is 2.34. The molecule has 0 aliphatic rings. The van der Waals surface area contributed by atoms with Gasteiger partial charge in [0.15, 0.2) is 0 Å². The smallest absolute Gasteiger partial charge is 0.416 e. The number of alkyl halides is 3. The van der Waals surface area contributed by atoms with Gasteiger partial charge in [-0.1, -0.05) is 0 Å². The van der Waals surface area contributed by atoms with Crippen molar-refractivity contribution >= 4 is 21.6 Å². The van der Waals surface area contributed by atoms with E-state index in [-0.39, 0.29) is 5.75 Å². The van der Waals surface area contributed by atoms with Gasteiger partial charge < -0.3 is 5.11 Å². The van der Waals surface area contributed by atoms with E-state index in [0.717, 1.165) is 17.7 Å². The van der Waals surface area contributed by atoms with E-state index in [2.05, 4.69) is 4.98 Å². The fourth-order valence-electron chi connectivity index (χ4n) is 1.83. The highest BCUT2D eigenvalue weighted by molar-refractivity contribution is 7.21. The van der Waals surface area contributed by atoms with Crippen molar-refractivity contribution in [3.8, 4) is 16.3 Å². The van der Waals surface area contributed by atoms with Gasteiger partial charge >= 0.3 is 6.18 Å². The summed E-state index contributed by atoms with van der Waals surface area (Å²) in [5.74, 6) is 0.134. The molecule has 0 aliphatic heterocycles. The van der Waals surface area contributed by atoms with E-state index in [4.69, 9.17) is 0 Å². The predicted octanol–water partition coefficient (Wildman–Crippen LogP) is 4.69. The first kappa shape index (κ1) is 12.9. The number of phenols is 1. The Balaban J connectivity index is 2.09. The van der Waals surface area contributed by atoms with Crippen LogP contribution in [0.4, 0.5) is 13.2 Å². The molecule has 1 N–H and O–H groups in total. The van der Waals surface area contributed by atoms with Crippen LogP contribution in [0.2, 0.25) is 0 Å².